The second kappa shape index (κ2) is 9.03. The maximum Gasteiger partial charge on any atom is 0.339 e. The summed E-state index contributed by atoms with van der Waals surface area (Å²) in [5, 5.41) is 2.63. The zero-order valence-electron chi connectivity index (χ0n) is 13.5. The highest BCUT2D eigenvalue weighted by atomic mass is 79.9. The highest BCUT2D eigenvalue weighted by molar-refractivity contribution is 9.10. The van der Waals surface area contributed by atoms with Crippen molar-refractivity contribution >= 4 is 33.7 Å². The molecular formula is C17H17BrN2O5. The van der Waals surface area contributed by atoms with E-state index in [9.17, 15) is 14.4 Å². The molecule has 2 rings (SSSR count). The van der Waals surface area contributed by atoms with E-state index in [1.807, 2.05) is 0 Å². The Morgan fingerprint density at radius 1 is 1.20 bits per heavy atom. The zero-order chi connectivity index (χ0) is 18.2. The van der Waals surface area contributed by atoms with E-state index in [2.05, 4.69) is 21.2 Å². The molecule has 0 saturated heterocycles. The predicted octanol–water partition coefficient (Wildman–Crippen LogP) is 1.97. The normalized spacial score (nSPS) is 10.2. The fourth-order valence-electron chi connectivity index (χ4n) is 1.90. The van der Waals surface area contributed by atoms with Gasteiger partial charge in [-0.05, 0) is 40.2 Å². The number of halogens is 1. The van der Waals surface area contributed by atoms with Crippen molar-refractivity contribution in [2.75, 3.05) is 20.2 Å². The van der Waals surface area contributed by atoms with Gasteiger partial charge in [0, 0.05) is 11.5 Å². The van der Waals surface area contributed by atoms with Crippen molar-refractivity contribution in [3.05, 3.63) is 58.5 Å². The van der Waals surface area contributed by atoms with Crippen molar-refractivity contribution in [3.8, 4) is 0 Å². The lowest BCUT2D eigenvalue weighted by Crippen LogP contribution is -2.39. The van der Waals surface area contributed by atoms with Gasteiger partial charge in [-0.15, -0.1) is 0 Å². The van der Waals surface area contributed by atoms with Crippen LogP contribution in [-0.2, 0) is 20.9 Å². The van der Waals surface area contributed by atoms with Crippen LogP contribution in [0.3, 0.4) is 0 Å². The van der Waals surface area contributed by atoms with Crippen molar-refractivity contribution in [2.45, 2.75) is 6.54 Å². The molecule has 0 spiro atoms. The minimum atomic E-state index is -0.614. The summed E-state index contributed by atoms with van der Waals surface area (Å²) >= 11 is 3.24. The van der Waals surface area contributed by atoms with Gasteiger partial charge in [-0.3, -0.25) is 9.59 Å². The van der Waals surface area contributed by atoms with Crippen molar-refractivity contribution < 1.29 is 23.5 Å². The molecule has 8 heteroatoms. The number of hydrogen-bond donors (Lipinski definition) is 1. The molecule has 25 heavy (non-hydrogen) atoms. The Balaban J connectivity index is 1.75. The van der Waals surface area contributed by atoms with Crippen LogP contribution in [0, 0.1) is 0 Å². The maximum atomic E-state index is 12.0. The second-order valence-electron chi connectivity index (χ2n) is 5.16. The second-order valence-corrected chi connectivity index (χ2v) is 6.02. The summed E-state index contributed by atoms with van der Waals surface area (Å²) < 4.78 is 10.7. The average Bonchev–Trinajstić information content (AvgIpc) is 3.11. The molecule has 2 amide bonds. The first kappa shape index (κ1) is 18.7. The van der Waals surface area contributed by atoms with Crippen LogP contribution in [0.25, 0.3) is 0 Å². The molecular weight excluding hydrogens is 392 g/mol. The molecule has 1 aromatic heterocycles. The third-order valence-electron chi connectivity index (χ3n) is 3.27. The van der Waals surface area contributed by atoms with Gasteiger partial charge in [-0.1, -0.05) is 12.1 Å². The molecule has 1 N–H and O–H groups in total. The van der Waals surface area contributed by atoms with E-state index in [0.29, 0.717) is 15.8 Å². The number of ether oxygens (including phenoxy) is 1. The highest BCUT2D eigenvalue weighted by Gasteiger charge is 2.17. The van der Waals surface area contributed by atoms with E-state index in [1.165, 1.54) is 18.2 Å². The number of rotatable bonds is 7. The van der Waals surface area contributed by atoms with Gasteiger partial charge in [0.05, 0.1) is 24.9 Å². The third kappa shape index (κ3) is 5.75. The summed E-state index contributed by atoms with van der Waals surface area (Å²) in [6.07, 6.45) is 1.51. The number of amides is 2. The van der Waals surface area contributed by atoms with Gasteiger partial charge in [0.2, 0.25) is 5.91 Å². The maximum absolute atomic E-state index is 12.0. The molecule has 0 fully saturated rings. The number of esters is 1. The van der Waals surface area contributed by atoms with Crippen LogP contribution in [-0.4, -0.2) is 42.9 Å². The van der Waals surface area contributed by atoms with E-state index < -0.39 is 18.5 Å². The molecule has 0 unspecified atom stereocenters. The molecule has 0 saturated carbocycles. The number of nitrogens with one attached hydrogen (secondary N) is 1. The van der Waals surface area contributed by atoms with E-state index in [0.717, 1.165) is 0 Å². The van der Waals surface area contributed by atoms with Crippen molar-refractivity contribution in [1.29, 1.82) is 0 Å². The number of hydrogen-bond acceptors (Lipinski definition) is 5. The summed E-state index contributed by atoms with van der Waals surface area (Å²) in [5.41, 5.74) is 0.328. The largest absolute Gasteiger partial charge is 0.467 e. The fraction of sp³-hybridized carbons (Fsp3) is 0.235. The van der Waals surface area contributed by atoms with Crippen LogP contribution < -0.4 is 5.32 Å². The molecule has 1 heterocycles. The summed E-state index contributed by atoms with van der Waals surface area (Å²) in [7, 11) is 1.46. The topological polar surface area (TPSA) is 88.8 Å². The van der Waals surface area contributed by atoms with E-state index in [-0.39, 0.29) is 19.0 Å². The Morgan fingerprint density at radius 3 is 2.64 bits per heavy atom. The monoisotopic (exact) mass is 408 g/mol. The lowest BCUT2D eigenvalue weighted by atomic mass is 10.2. The Bertz CT molecular complexity index is 745. The molecule has 2 aromatic rings. The van der Waals surface area contributed by atoms with Gasteiger partial charge in [0.15, 0.2) is 6.61 Å². The van der Waals surface area contributed by atoms with Crippen LogP contribution in [0.5, 0.6) is 0 Å². The quantitative estimate of drug-likeness (QED) is 0.707. The number of likely N-dealkylation sites (N-methyl/N-ethyl adjacent to an activating group) is 1. The van der Waals surface area contributed by atoms with Crippen LogP contribution in [0.2, 0.25) is 0 Å². The van der Waals surface area contributed by atoms with Crippen LogP contribution in [0.1, 0.15) is 16.1 Å². The van der Waals surface area contributed by atoms with Gasteiger partial charge >= 0.3 is 5.97 Å². The number of benzene rings is 1. The highest BCUT2D eigenvalue weighted by Crippen LogP contribution is 2.16. The Labute approximate surface area is 153 Å². The molecule has 132 valence electrons. The van der Waals surface area contributed by atoms with Crippen molar-refractivity contribution in [3.63, 3.8) is 0 Å². The summed E-state index contributed by atoms with van der Waals surface area (Å²) in [6, 6.07) is 10.2. The van der Waals surface area contributed by atoms with Gasteiger partial charge in [0.1, 0.15) is 5.76 Å². The summed E-state index contributed by atoms with van der Waals surface area (Å²) in [4.78, 5) is 36.9. The molecule has 0 bridgehead atoms. The Morgan fingerprint density at radius 2 is 1.96 bits per heavy atom. The molecule has 0 aliphatic carbocycles. The first-order valence-electron chi connectivity index (χ1n) is 7.42. The standard InChI is InChI=1S/C17H17BrN2O5/c1-20(10-15(21)19-9-12-5-4-8-24-12)16(22)11-25-17(23)13-6-2-3-7-14(13)18/h2-8H,9-11H2,1H3,(H,19,21). The number of furan rings is 1. The van der Waals surface area contributed by atoms with Gasteiger partial charge < -0.3 is 19.4 Å². The average molecular weight is 409 g/mol. The van der Waals surface area contributed by atoms with Crippen molar-refractivity contribution in [1.82, 2.24) is 10.2 Å². The Kier molecular flexibility index (Phi) is 6.76. The van der Waals surface area contributed by atoms with Crippen molar-refractivity contribution in [2.24, 2.45) is 0 Å². The fourth-order valence-corrected chi connectivity index (χ4v) is 2.35. The molecule has 7 nitrogen and oxygen atoms in total. The lowest BCUT2D eigenvalue weighted by molar-refractivity contribution is -0.137. The zero-order valence-corrected chi connectivity index (χ0v) is 15.1. The van der Waals surface area contributed by atoms with E-state index in [4.69, 9.17) is 9.15 Å². The number of carbonyl (C=O) groups excluding carboxylic acids is 3. The first-order chi connectivity index (χ1) is 12.0. The summed E-state index contributed by atoms with van der Waals surface area (Å²) in [5.74, 6) is -0.820. The number of nitrogens with zero attached hydrogens (tertiary/aromatic N) is 1. The first-order valence-corrected chi connectivity index (χ1v) is 8.21. The predicted molar refractivity (Wildman–Crippen MR) is 92.6 cm³/mol. The molecule has 1 aromatic carbocycles. The SMILES string of the molecule is CN(CC(=O)NCc1ccco1)C(=O)COC(=O)c1ccccc1Br. The van der Waals surface area contributed by atoms with E-state index in [1.54, 1.807) is 36.4 Å². The van der Waals surface area contributed by atoms with Gasteiger partial charge in [-0.25, -0.2) is 4.79 Å². The molecule has 0 aliphatic rings. The molecule has 0 radical (unpaired) electrons. The smallest absolute Gasteiger partial charge is 0.339 e. The van der Waals surface area contributed by atoms with Gasteiger partial charge in [-0.2, -0.15) is 0 Å². The minimum absolute atomic E-state index is 0.147. The van der Waals surface area contributed by atoms with Gasteiger partial charge in [0.25, 0.3) is 5.91 Å². The number of carbonyl (C=O) groups is 3. The summed E-state index contributed by atoms with van der Waals surface area (Å²) in [6.45, 7) is -0.348. The minimum Gasteiger partial charge on any atom is -0.467 e. The van der Waals surface area contributed by atoms with E-state index >= 15 is 0 Å². The molecule has 0 atom stereocenters. The Hall–Kier alpha value is -2.61. The lowest BCUT2D eigenvalue weighted by Gasteiger charge is -2.16. The van der Waals surface area contributed by atoms with Crippen LogP contribution >= 0.6 is 15.9 Å². The molecule has 0 aliphatic heterocycles. The van der Waals surface area contributed by atoms with Crippen LogP contribution in [0.4, 0.5) is 0 Å². The third-order valence-corrected chi connectivity index (χ3v) is 3.96. The van der Waals surface area contributed by atoms with Crippen LogP contribution in [0.15, 0.2) is 51.6 Å².